The van der Waals surface area contributed by atoms with E-state index in [2.05, 4.69) is 0 Å². The maximum Gasteiger partial charge on any atom is 0.338 e. The molecule has 5 heteroatoms. The summed E-state index contributed by atoms with van der Waals surface area (Å²) in [6, 6.07) is 10.0. The van der Waals surface area contributed by atoms with Crippen molar-refractivity contribution >= 4 is 29.0 Å². The van der Waals surface area contributed by atoms with Crippen LogP contribution in [0.15, 0.2) is 36.4 Å². The summed E-state index contributed by atoms with van der Waals surface area (Å²) in [4.78, 5) is 24.1. The number of nitrogen functional groups attached to an aromatic ring is 1. The van der Waals surface area contributed by atoms with Gasteiger partial charge in [-0.2, -0.15) is 0 Å². The zero-order valence-electron chi connectivity index (χ0n) is 12.4. The van der Waals surface area contributed by atoms with Crippen LogP contribution in [0, 0.1) is 13.8 Å². The van der Waals surface area contributed by atoms with Gasteiger partial charge in [0.2, 0.25) is 5.78 Å². The highest BCUT2D eigenvalue weighted by molar-refractivity contribution is 6.33. The van der Waals surface area contributed by atoms with Gasteiger partial charge < -0.3 is 10.5 Å². The first-order chi connectivity index (χ1) is 10.4. The molecule has 0 saturated carbocycles. The number of aryl methyl sites for hydroxylation is 2. The first kappa shape index (κ1) is 16.0. The molecule has 4 nitrogen and oxygen atoms in total. The Bertz CT molecular complexity index is 741. The molecule has 0 bridgehead atoms. The summed E-state index contributed by atoms with van der Waals surface area (Å²) in [5.41, 5.74) is 8.57. The molecule has 2 aromatic carbocycles. The lowest BCUT2D eigenvalue weighted by molar-refractivity contribution is 0.0474. The number of carbonyl (C=O) groups is 2. The molecule has 0 fully saturated rings. The van der Waals surface area contributed by atoms with Gasteiger partial charge in [0, 0.05) is 5.56 Å². The molecule has 22 heavy (non-hydrogen) atoms. The molecule has 2 aromatic rings. The van der Waals surface area contributed by atoms with E-state index >= 15 is 0 Å². The second-order valence-electron chi connectivity index (χ2n) is 5.05. The number of hydrogen-bond acceptors (Lipinski definition) is 4. The van der Waals surface area contributed by atoms with Gasteiger partial charge in [-0.1, -0.05) is 29.3 Å². The van der Waals surface area contributed by atoms with E-state index in [0.29, 0.717) is 10.6 Å². The van der Waals surface area contributed by atoms with Crippen LogP contribution in [-0.4, -0.2) is 18.4 Å². The van der Waals surface area contributed by atoms with Crippen LogP contribution in [0.4, 0.5) is 5.69 Å². The number of Topliss-reactive ketones (excluding diaryl/α,β-unsaturated/α-hetero) is 1. The van der Waals surface area contributed by atoms with Crippen LogP contribution >= 0.6 is 11.6 Å². The highest BCUT2D eigenvalue weighted by Gasteiger charge is 2.14. The topological polar surface area (TPSA) is 69.4 Å². The lowest BCUT2D eigenvalue weighted by Gasteiger charge is -2.08. The number of anilines is 1. The van der Waals surface area contributed by atoms with Gasteiger partial charge in [-0.15, -0.1) is 0 Å². The van der Waals surface area contributed by atoms with Gasteiger partial charge in [0.1, 0.15) is 0 Å². The van der Waals surface area contributed by atoms with Crippen LogP contribution in [0.5, 0.6) is 0 Å². The lowest BCUT2D eigenvalue weighted by Crippen LogP contribution is -2.15. The van der Waals surface area contributed by atoms with Crippen molar-refractivity contribution in [2.75, 3.05) is 12.3 Å². The van der Waals surface area contributed by atoms with Gasteiger partial charge in [0.25, 0.3) is 0 Å². The minimum atomic E-state index is -0.609. The van der Waals surface area contributed by atoms with Crippen LogP contribution in [0.2, 0.25) is 5.02 Å². The van der Waals surface area contributed by atoms with E-state index in [9.17, 15) is 9.59 Å². The number of ketones is 1. The number of benzene rings is 2. The molecule has 0 heterocycles. The van der Waals surface area contributed by atoms with E-state index < -0.39 is 5.97 Å². The van der Waals surface area contributed by atoms with E-state index in [1.54, 1.807) is 6.07 Å². The summed E-state index contributed by atoms with van der Waals surface area (Å²) < 4.78 is 5.05. The van der Waals surface area contributed by atoms with E-state index in [-0.39, 0.29) is 23.6 Å². The van der Waals surface area contributed by atoms with E-state index in [1.807, 2.05) is 26.0 Å². The number of carbonyl (C=O) groups excluding carboxylic acids is 2. The third-order valence-electron chi connectivity index (χ3n) is 3.26. The minimum absolute atomic E-state index is 0.239. The standard InChI is InChI=1S/C17H16ClNO3/c1-10-3-4-11(2)13(7-10)16(20)9-22-17(21)12-5-6-14(18)15(19)8-12/h3-8H,9,19H2,1-2H3. The van der Waals surface area contributed by atoms with E-state index in [0.717, 1.165) is 11.1 Å². The van der Waals surface area contributed by atoms with Gasteiger partial charge in [0.05, 0.1) is 16.3 Å². The molecule has 0 spiro atoms. The third kappa shape index (κ3) is 3.65. The fourth-order valence-electron chi connectivity index (χ4n) is 2.00. The van der Waals surface area contributed by atoms with Crippen LogP contribution in [0.1, 0.15) is 31.8 Å². The Hall–Kier alpha value is -2.33. The average molecular weight is 318 g/mol. The van der Waals surface area contributed by atoms with Crippen LogP contribution in [0.25, 0.3) is 0 Å². The molecule has 0 unspecified atom stereocenters. The molecule has 0 aliphatic carbocycles. The summed E-state index contributed by atoms with van der Waals surface area (Å²) in [6.45, 7) is 3.43. The fourth-order valence-corrected chi connectivity index (χ4v) is 2.12. The molecular formula is C17H16ClNO3. The van der Waals surface area contributed by atoms with Gasteiger partial charge in [-0.05, 0) is 43.7 Å². The van der Waals surface area contributed by atoms with E-state index in [4.69, 9.17) is 22.1 Å². The Morgan fingerprint density at radius 2 is 1.86 bits per heavy atom. The summed E-state index contributed by atoms with van der Waals surface area (Å²) >= 11 is 5.79. The predicted molar refractivity (Wildman–Crippen MR) is 86.4 cm³/mol. The molecule has 0 aliphatic heterocycles. The Balaban J connectivity index is 2.05. The van der Waals surface area contributed by atoms with Crippen molar-refractivity contribution in [3.8, 4) is 0 Å². The number of hydrogen-bond donors (Lipinski definition) is 1. The number of ether oxygens (including phenoxy) is 1. The molecule has 0 atom stereocenters. The highest BCUT2D eigenvalue weighted by atomic mass is 35.5. The number of rotatable bonds is 4. The van der Waals surface area contributed by atoms with Crippen molar-refractivity contribution in [2.45, 2.75) is 13.8 Å². The largest absolute Gasteiger partial charge is 0.454 e. The second-order valence-corrected chi connectivity index (χ2v) is 5.46. The quantitative estimate of drug-likeness (QED) is 0.531. The Morgan fingerprint density at radius 1 is 1.14 bits per heavy atom. The number of nitrogens with two attached hydrogens (primary N) is 1. The molecule has 0 radical (unpaired) electrons. The first-order valence-electron chi connectivity index (χ1n) is 6.71. The van der Waals surface area contributed by atoms with Gasteiger partial charge in [-0.3, -0.25) is 4.79 Å². The van der Waals surface area contributed by atoms with Crippen molar-refractivity contribution in [1.29, 1.82) is 0 Å². The van der Waals surface area contributed by atoms with Crippen molar-refractivity contribution in [3.05, 3.63) is 63.7 Å². The fraction of sp³-hybridized carbons (Fsp3) is 0.176. The monoisotopic (exact) mass is 317 g/mol. The highest BCUT2D eigenvalue weighted by Crippen LogP contribution is 2.20. The molecule has 0 aromatic heterocycles. The molecular weight excluding hydrogens is 302 g/mol. The first-order valence-corrected chi connectivity index (χ1v) is 7.09. The van der Waals surface area contributed by atoms with Crippen LogP contribution in [0.3, 0.4) is 0 Å². The lowest BCUT2D eigenvalue weighted by atomic mass is 10.0. The number of esters is 1. The molecule has 0 amide bonds. The maximum atomic E-state index is 12.2. The van der Waals surface area contributed by atoms with E-state index in [1.165, 1.54) is 18.2 Å². The van der Waals surface area contributed by atoms with Crippen molar-refractivity contribution < 1.29 is 14.3 Å². The summed E-state index contributed by atoms with van der Waals surface area (Å²) in [7, 11) is 0. The van der Waals surface area contributed by atoms with Crippen molar-refractivity contribution in [2.24, 2.45) is 0 Å². The molecule has 2 rings (SSSR count). The Kier molecular flexibility index (Phi) is 4.83. The smallest absolute Gasteiger partial charge is 0.338 e. The van der Waals surface area contributed by atoms with Gasteiger partial charge >= 0.3 is 5.97 Å². The predicted octanol–water partition coefficient (Wildman–Crippen LogP) is 3.58. The SMILES string of the molecule is Cc1ccc(C)c(C(=O)COC(=O)c2ccc(Cl)c(N)c2)c1. The summed E-state index contributed by atoms with van der Waals surface area (Å²) in [5.74, 6) is -0.849. The second kappa shape index (κ2) is 6.62. The summed E-state index contributed by atoms with van der Waals surface area (Å²) in [5, 5.41) is 0.364. The Morgan fingerprint density at radius 3 is 2.55 bits per heavy atom. The maximum absolute atomic E-state index is 12.2. The van der Waals surface area contributed by atoms with Crippen LogP contribution < -0.4 is 5.73 Å². The normalized spacial score (nSPS) is 10.3. The van der Waals surface area contributed by atoms with Crippen molar-refractivity contribution in [1.82, 2.24) is 0 Å². The molecule has 0 aliphatic rings. The molecule has 2 N–H and O–H groups in total. The van der Waals surface area contributed by atoms with Gasteiger partial charge in [-0.25, -0.2) is 4.79 Å². The van der Waals surface area contributed by atoms with Crippen molar-refractivity contribution in [3.63, 3.8) is 0 Å². The van der Waals surface area contributed by atoms with Gasteiger partial charge in [0.15, 0.2) is 6.61 Å². The molecule has 114 valence electrons. The zero-order valence-corrected chi connectivity index (χ0v) is 13.1. The zero-order chi connectivity index (χ0) is 16.3. The molecule has 0 saturated heterocycles. The average Bonchev–Trinajstić information content (AvgIpc) is 2.49. The third-order valence-corrected chi connectivity index (χ3v) is 3.60. The Labute approximate surface area is 133 Å². The minimum Gasteiger partial charge on any atom is -0.454 e. The van der Waals surface area contributed by atoms with Crippen LogP contribution in [-0.2, 0) is 4.74 Å². The number of halogens is 1. The summed E-state index contributed by atoms with van der Waals surface area (Å²) in [6.07, 6.45) is 0.